The SMILES string of the molecule is CN(C(=O)C1C(c2ccccc2)C1c1ccccc1)[C@H]1CCCC[C@@H]1N1CCCC1. The molecule has 2 unspecified atom stereocenters. The number of amides is 1. The van der Waals surface area contributed by atoms with Gasteiger partial charge in [0, 0.05) is 31.0 Å². The number of carbonyl (C=O) groups excluding carboxylic acids is 1. The molecule has 2 saturated carbocycles. The second-order valence-corrected chi connectivity index (χ2v) is 9.51. The van der Waals surface area contributed by atoms with E-state index in [1.807, 2.05) is 0 Å². The maximum atomic E-state index is 13.8. The van der Waals surface area contributed by atoms with E-state index in [1.165, 1.54) is 56.3 Å². The summed E-state index contributed by atoms with van der Waals surface area (Å²) in [5, 5.41) is 0. The zero-order valence-electron chi connectivity index (χ0n) is 18.1. The van der Waals surface area contributed by atoms with Gasteiger partial charge in [0.15, 0.2) is 0 Å². The van der Waals surface area contributed by atoms with Crippen molar-refractivity contribution in [2.75, 3.05) is 20.1 Å². The Bertz CT molecular complexity index is 800. The molecule has 3 nitrogen and oxygen atoms in total. The molecule has 3 fully saturated rings. The topological polar surface area (TPSA) is 23.6 Å². The van der Waals surface area contributed by atoms with Crippen LogP contribution in [0.1, 0.15) is 61.5 Å². The van der Waals surface area contributed by atoms with Crippen LogP contribution in [0.2, 0.25) is 0 Å². The number of benzene rings is 2. The van der Waals surface area contributed by atoms with E-state index < -0.39 is 0 Å². The van der Waals surface area contributed by atoms with Crippen molar-refractivity contribution >= 4 is 5.91 Å². The number of hydrogen-bond acceptors (Lipinski definition) is 2. The van der Waals surface area contributed by atoms with Crippen LogP contribution >= 0.6 is 0 Å². The van der Waals surface area contributed by atoms with Crippen LogP contribution in [0.4, 0.5) is 0 Å². The Hall–Kier alpha value is -2.13. The summed E-state index contributed by atoms with van der Waals surface area (Å²) < 4.78 is 0. The predicted molar refractivity (Wildman–Crippen MR) is 121 cm³/mol. The third-order valence-electron chi connectivity index (χ3n) is 7.82. The Morgan fingerprint density at radius 1 is 0.800 bits per heavy atom. The van der Waals surface area contributed by atoms with Crippen molar-refractivity contribution in [3.63, 3.8) is 0 Å². The Kier molecular flexibility index (Phi) is 5.64. The first-order valence-electron chi connectivity index (χ1n) is 11.9. The van der Waals surface area contributed by atoms with E-state index in [1.54, 1.807) is 0 Å². The molecule has 1 amide bonds. The highest BCUT2D eigenvalue weighted by Gasteiger charge is 2.57. The minimum absolute atomic E-state index is 0.0703. The molecule has 2 aliphatic carbocycles. The molecule has 1 saturated heterocycles. The van der Waals surface area contributed by atoms with Crippen molar-refractivity contribution in [3.05, 3.63) is 71.8 Å². The minimum Gasteiger partial charge on any atom is -0.341 e. The molecule has 1 heterocycles. The van der Waals surface area contributed by atoms with Gasteiger partial charge >= 0.3 is 0 Å². The molecule has 5 rings (SSSR count). The molecular formula is C27H34N2O. The zero-order chi connectivity index (χ0) is 20.5. The van der Waals surface area contributed by atoms with Crippen LogP contribution in [0.3, 0.4) is 0 Å². The Balaban J connectivity index is 1.39. The first kappa shape index (κ1) is 19.8. The standard InChI is InChI=1S/C27H34N2O/c1-28(22-16-8-9-17-23(22)29-18-10-11-19-29)27(30)26-24(20-12-4-2-5-13-20)25(26)21-14-6-3-7-15-21/h2-7,12-15,22-26H,8-11,16-19H2,1H3/t22-,23-,24?,25?,26?/m0/s1. The fourth-order valence-electron chi connectivity index (χ4n) is 6.24. The summed E-state index contributed by atoms with van der Waals surface area (Å²) in [7, 11) is 2.09. The number of nitrogens with zero attached hydrogens (tertiary/aromatic N) is 2. The van der Waals surface area contributed by atoms with E-state index in [4.69, 9.17) is 0 Å². The lowest BCUT2D eigenvalue weighted by Gasteiger charge is -2.42. The minimum atomic E-state index is 0.0703. The van der Waals surface area contributed by atoms with Crippen molar-refractivity contribution in [1.82, 2.24) is 9.80 Å². The lowest BCUT2D eigenvalue weighted by atomic mass is 9.88. The van der Waals surface area contributed by atoms with Gasteiger partial charge in [0.25, 0.3) is 0 Å². The number of carbonyl (C=O) groups is 1. The second kappa shape index (κ2) is 8.55. The van der Waals surface area contributed by atoms with Crippen LogP contribution in [-0.4, -0.2) is 47.9 Å². The van der Waals surface area contributed by atoms with E-state index in [2.05, 4.69) is 77.5 Å². The van der Waals surface area contributed by atoms with Gasteiger partial charge in [-0.1, -0.05) is 73.5 Å². The van der Waals surface area contributed by atoms with Gasteiger partial charge < -0.3 is 4.90 Å². The molecule has 0 N–H and O–H groups in total. The largest absolute Gasteiger partial charge is 0.341 e. The maximum Gasteiger partial charge on any atom is 0.227 e. The number of rotatable bonds is 5. The first-order valence-corrected chi connectivity index (χ1v) is 11.9. The smallest absolute Gasteiger partial charge is 0.227 e. The van der Waals surface area contributed by atoms with E-state index in [0.29, 0.717) is 29.8 Å². The molecule has 158 valence electrons. The van der Waals surface area contributed by atoms with Crippen LogP contribution in [0.15, 0.2) is 60.7 Å². The van der Waals surface area contributed by atoms with Crippen molar-refractivity contribution in [1.29, 1.82) is 0 Å². The molecule has 2 aromatic rings. The molecule has 30 heavy (non-hydrogen) atoms. The number of likely N-dealkylation sites (tertiary alicyclic amines) is 1. The highest BCUT2D eigenvalue weighted by molar-refractivity contribution is 5.85. The van der Waals surface area contributed by atoms with Gasteiger partial charge in [-0.25, -0.2) is 0 Å². The van der Waals surface area contributed by atoms with Gasteiger partial charge in [0.1, 0.15) is 0 Å². The number of likely N-dealkylation sites (N-methyl/N-ethyl adjacent to an activating group) is 1. The highest BCUT2D eigenvalue weighted by Crippen LogP contribution is 2.61. The van der Waals surface area contributed by atoms with E-state index in [-0.39, 0.29) is 5.92 Å². The van der Waals surface area contributed by atoms with Crippen LogP contribution in [0.25, 0.3) is 0 Å². The van der Waals surface area contributed by atoms with Gasteiger partial charge in [-0.2, -0.15) is 0 Å². The fourth-order valence-corrected chi connectivity index (χ4v) is 6.24. The van der Waals surface area contributed by atoms with Crippen molar-refractivity contribution in [3.8, 4) is 0 Å². The van der Waals surface area contributed by atoms with Crippen LogP contribution in [0, 0.1) is 5.92 Å². The highest BCUT2D eigenvalue weighted by atomic mass is 16.2. The monoisotopic (exact) mass is 402 g/mol. The lowest BCUT2D eigenvalue weighted by molar-refractivity contribution is -0.135. The van der Waals surface area contributed by atoms with Gasteiger partial charge in [0.2, 0.25) is 5.91 Å². The number of hydrogen-bond donors (Lipinski definition) is 0. The van der Waals surface area contributed by atoms with Gasteiger partial charge in [0.05, 0.1) is 5.92 Å². The quantitative estimate of drug-likeness (QED) is 0.699. The van der Waals surface area contributed by atoms with Crippen molar-refractivity contribution in [2.45, 2.75) is 62.4 Å². The average Bonchev–Trinajstić information content (AvgIpc) is 3.32. The average molecular weight is 403 g/mol. The summed E-state index contributed by atoms with van der Waals surface area (Å²) >= 11 is 0. The summed E-state index contributed by atoms with van der Waals surface area (Å²) in [6.07, 6.45) is 7.59. The maximum absolute atomic E-state index is 13.8. The fraction of sp³-hybridized carbons (Fsp3) is 0.519. The third-order valence-corrected chi connectivity index (χ3v) is 7.82. The molecule has 2 aromatic carbocycles. The molecule has 0 spiro atoms. The Morgan fingerprint density at radius 2 is 1.33 bits per heavy atom. The van der Waals surface area contributed by atoms with Crippen molar-refractivity contribution in [2.24, 2.45) is 5.92 Å². The van der Waals surface area contributed by atoms with Gasteiger partial charge in [-0.3, -0.25) is 9.69 Å². The Morgan fingerprint density at radius 3 is 1.90 bits per heavy atom. The molecule has 0 aromatic heterocycles. The third kappa shape index (κ3) is 3.69. The van der Waals surface area contributed by atoms with Crippen LogP contribution in [0.5, 0.6) is 0 Å². The molecule has 0 radical (unpaired) electrons. The molecule has 1 aliphatic heterocycles. The summed E-state index contributed by atoms with van der Waals surface area (Å²) in [4.78, 5) is 18.7. The van der Waals surface area contributed by atoms with E-state index >= 15 is 0 Å². The Labute approximate surface area is 181 Å². The molecule has 3 heteroatoms. The van der Waals surface area contributed by atoms with Crippen LogP contribution in [-0.2, 0) is 4.79 Å². The van der Waals surface area contributed by atoms with Gasteiger partial charge in [-0.15, -0.1) is 0 Å². The summed E-state index contributed by atoms with van der Waals surface area (Å²) in [6, 6.07) is 22.3. The van der Waals surface area contributed by atoms with E-state index in [9.17, 15) is 4.79 Å². The zero-order valence-corrected chi connectivity index (χ0v) is 18.1. The molecule has 3 aliphatic rings. The summed E-state index contributed by atoms with van der Waals surface area (Å²) in [5.74, 6) is 1.03. The second-order valence-electron chi connectivity index (χ2n) is 9.51. The first-order chi connectivity index (χ1) is 14.8. The summed E-state index contributed by atoms with van der Waals surface area (Å²) in [5.41, 5.74) is 2.61. The van der Waals surface area contributed by atoms with E-state index in [0.717, 1.165) is 6.42 Å². The molecule has 0 bridgehead atoms. The summed E-state index contributed by atoms with van der Waals surface area (Å²) in [6.45, 7) is 2.43. The van der Waals surface area contributed by atoms with Crippen LogP contribution < -0.4 is 0 Å². The van der Waals surface area contributed by atoms with Gasteiger partial charge in [-0.05, 0) is 49.9 Å². The van der Waals surface area contributed by atoms with Crippen molar-refractivity contribution < 1.29 is 4.79 Å². The molecule has 4 atom stereocenters. The molecular weight excluding hydrogens is 368 g/mol. The predicted octanol–water partition coefficient (Wildman–Crippen LogP) is 5.05. The normalized spacial score (nSPS) is 31.4. The lowest BCUT2D eigenvalue weighted by Crippen LogP contribution is -2.53.